The molecule has 6 nitrogen and oxygen atoms in total. The summed E-state index contributed by atoms with van der Waals surface area (Å²) in [5.74, 6) is 0.737. The van der Waals surface area contributed by atoms with Gasteiger partial charge in [0, 0.05) is 25.0 Å². The number of unbranched alkanes of at least 4 members (excludes halogenated alkanes) is 1. The van der Waals surface area contributed by atoms with Crippen LogP contribution in [0.5, 0.6) is 5.75 Å². The quantitative estimate of drug-likeness (QED) is 0.377. The van der Waals surface area contributed by atoms with E-state index in [1.165, 1.54) is 24.3 Å². The van der Waals surface area contributed by atoms with Crippen molar-refractivity contribution in [2.75, 3.05) is 23.7 Å². The van der Waals surface area contributed by atoms with Gasteiger partial charge in [-0.15, -0.1) is 13.2 Å². The van der Waals surface area contributed by atoms with Gasteiger partial charge in [-0.2, -0.15) is 0 Å². The number of ether oxygens (including phenoxy) is 1. The molecule has 140 valence electrons. The molecule has 0 atom stereocenters. The van der Waals surface area contributed by atoms with Crippen LogP contribution in [0.1, 0.15) is 12.8 Å². The molecule has 0 amide bonds. The van der Waals surface area contributed by atoms with Crippen molar-refractivity contribution in [3.8, 4) is 5.75 Å². The lowest BCUT2D eigenvalue weighted by Crippen LogP contribution is -2.23. The smallest absolute Gasteiger partial charge is 0.406 e. The van der Waals surface area contributed by atoms with E-state index >= 15 is 0 Å². The Morgan fingerprint density at radius 1 is 1.12 bits per heavy atom. The number of aliphatic imine (C=N–C) groups is 1. The maximum absolute atomic E-state index is 12.1. The largest absolute Gasteiger partial charge is 0.573 e. The fraction of sp³-hybridized carbons (Fsp3) is 0.294. The maximum Gasteiger partial charge on any atom is 0.573 e. The molecule has 0 aliphatic carbocycles. The minimum absolute atomic E-state index is 0.201. The van der Waals surface area contributed by atoms with Crippen LogP contribution in [0.15, 0.2) is 53.7 Å². The van der Waals surface area contributed by atoms with Crippen molar-refractivity contribution in [3.05, 3.63) is 48.7 Å². The van der Waals surface area contributed by atoms with E-state index in [9.17, 15) is 13.2 Å². The maximum atomic E-state index is 12.1. The molecule has 0 aliphatic rings. The highest BCUT2D eigenvalue weighted by atomic mass is 19.4. The molecule has 0 saturated heterocycles. The van der Waals surface area contributed by atoms with Crippen molar-refractivity contribution in [2.24, 2.45) is 10.7 Å². The Labute approximate surface area is 149 Å². The van der Waals surface area contributed by atoms with Crippen molar-refractivity contribution in [1.29, 1.82) is 0 Å². The van der Waals surface area contributed by atoms with Crippen LogP contribution in [0.3, 0.4) is 0 Å². The van der Waals surface area contributed by atoms with Crippen molar-refractivity contribution in [2.45, 2.75) is 19.2 Å². The lowest BCUT2D eigenvalue weighted by Gasteiger charge is -2.10. The highest BCUT2D eigenvalue weighted by molar-refractivity contribution is 5.92. The van der Waals surface area contributed by atoms with Crippen molar-refractivity contribution < 1.29 is 17.9 Å². The predicted molar refractivity (Wildman–Crippen MR) is 95.2 cm³/mol. The zero-order valence-corrected chi connectivity index (χ0v) is 14.0. The van der Waals surface area contributed by atoms with Crippen molar-refractivity contribution in [1.82, 2.24) is 4.98 Å². The van der Waals surface area contributed by atoms with Gasteiger partial charge in [0.05, 0.1) is 0 Å². The van der Waals surface area contributed by atoms with Crippen LogP contribution < -0.4 is 21.1 Å². The van der Waals surface area contributed by atoms with Gasteiger partial charge in [0.15, 0.2) is 5.96 Å². The fourth-order valence-electron chi connectivity index (χ4n) is 2.05. The number of hydrogen-bond acceptors (Lipinski definition) is 4. The number of aromatic nitrogens is 1. The van der Waals surface area contributed by atoms with Gasteiger partial charge < -0.3 is 21.1 Å². The van der Waals surface area contributed by atoms with Crippen LogP contribution in [0.2, 0.25) is 0 Å². The van der Waals surface area contributed by atoms with Gasteiger partial charge in [-0.05, 0) is 49.2 Å². The number of halogens is 3. The number of hydrogen-bond donors (Lipinski definition) is 3. The van der Waals surface area contributed by atoms with Gasteiger partial charge in [-0.3, -0.25) is 4.99 Å². The number of anilines is 2. The van der Waals surface area contributed by atoms with Crippen LogP contribution >= 0.6 is 0 Å². The molecule has 0 aliphatic heterocycles. The van der Waals surface area contributed by atoms with Crippen LogP contribution in [0.4, 0.5) is 24.7 Å². The average molecular weight is 367 g/mol. The predicted octanol–water partition coefficient (Wildman–Crippen LogP) is 3.60. The Hall–Kier alpha value is -2.97. The number of benzene rings is 1. The molecule has 1 heterocycles. The number of nitrogens with one attached hydrogen (secondary N) is 2. The minimum atomic E-state index is -4.71. The molecular formula is C17H20F3N5O. The molecule has 2 aromatic rings. The van der Waals surface area contributed by atoms with Crippen LogP contribution in [0.25, 0.3) is 0 Å². The summed E-state index contributed by atoms with van der Waals surface area (Å²) in [6.07, 6.45) is -1.25. The first-order chi connectivity index (χ1) is 12.4. The van der Waals surface area contributed by atoms with Gasteiger partial charge in [0.25, 0.3) is 0 Å². The molecule has 2 rings (SSSR count). The summed E-state index contributed by atoms with van der Waals surface area (Å²) in [4.78, 5) is 8.33. The third kappa shape index (κ3) is 7.73. The first-order valence-corrected chi connectivity index (χ1v) is 8.00. The van der Waals surface area contributed by atoms with E-state index in [2.05, 4.69) is 25.3 Å². The molecule has 0 saturated carbocycles. The molecule has 9 heteroatoms. The minimum Gasteiger partial charge on any atom is -0.406 e. The van der Waals surface area contributed by atoms with E-state index < -0.39 is 6.36 Å². The Balaban J connectivity index is 1.66. The molecule has 0 bridgehead atoms. The first kappa shape index (κ1) is 19.4. The summed E-state index contributed by atoms with van der Waals surface area (Å²) in [5, 5.41) is 6.01. The van der Waals surface area contributed by atoms with E-state index in [1.54, 1.807) is 6.20 Å². The van der Waals surface area contributed by atoms with Gasteiger partial charge >= 0.3 is 6.36 Å². The summed E-state index contributed by atoms with van der Waals surface area (Å²) in [6, 6.07) is 10.9. The zero-order valence-electron chi connectivity index (χ0n) is 14.0. The monoisotopic (exact) mass is 367 g/mol. The Kier molecular flexibility index (Phi) is 7.07. The number of nitrogens with zero attached hydrogens (tertiary/aromatic N) is 2. The lowest BCUT2D eigenvalue weighted by molar-refractivity contribution is -0.274. The van der Waals surface area contributed by atoms with Crippen LogP contribution in [-0.2, 0) is 0 Å². The molecule has 0 radical (unpaired) electrons. The summed E-state index contributed by atoms with van der Waals surface area (Å²) >= 11 is 0. The summed E-state index contributed by atoms with van der Waals surface area (Å²) in [7, 11) is 0. The summed E-state index contributed by atoms with van der Waals surface area (Å²) < 4.78 is 40.1. The molecule has 0 fully saturated rings. The van der Waals surface area contributed by atoms with Crippen molar-refractivity contribution >= 4 is 17.5 Å². The molecular weight excluding hydrogens is 347 g/mol. The third-order valence-electron chi connectivity index (χ3n) is 3.20. The lowest BCUT2D eigenvalue weighted by atomic mass is 10.3. The second-order valence-corrected chi connectivity index (χ2v) is 5.31. The molecule has 0 unspecified atom stereocenters. The summed E-state index contributed by atoms with van der Waals surface area (Å²) in [5.41, 5.74) is 6.28. The molecule has 26 heavy (non-hydrogen) atoms. The van der Waals surface area contributed by atoms with Gasteiger partial charge in [0.1, 0.15) is 11.6 Å². The Morgan fingerprint density at radius 3 is 2.54 bits per heavy atom. The van der Waals surface area contributed by atoms with E-state index in [4.69, 9.17) is 5.73 Å². The number of alkyl halides is 3. The van der Waals surface area contributed by atoms with Gasteiger partial charge in [0.2, 0.25) is 0 Å². The number of guanidine groups is 1. The number of nitrogens with two attached hydrogens (primary N) is 1. The second kappa shape index (κ2) is 9.50. The van der Waals surface area contributed by atoms with Gasteiger partial charge in [-0.25, -0.2) is 4.98 Å². The Bertz CT molecular complexity index is 690. The normalized spacial score (nSPS) is 11.9. The SMILES string of the molecule is NC(=NCCCCNc1ccccn1)Nc1ccc(OC(F)(F)F)cc1. The van der Waals surface area contributed by atoms with E-state index in [0.29, 0.717) is 12.2 Å². The highest BCUT2D eigenvalue weighted by Crippen LogP contribution is 2.23. The number of pyridine rings is 1. The van der Waals surface area contributed by atoms with Crippen LogP contribution in [0, 0.1) is 0 Å². The van der Waals surface area contributed by atoms with Crippen molar-refractivity contribution in [3.63, 3.8) is 0 Å². The topological polar surface area (TPSA) is 84.6 Å². The van der Waals surface area contributed by atoms with Gasteiger partial charge in [-0.1, -0.05) is 6.07 Å². The highest BCUT2D eigenvalue weighted by Gasteiger charge is 2.30. The standard InChI is InChI=1S/C17H20F3N5O/c18-17(19,20)26-14-8-6-13(7-9-14)25-16(21)24-12-4-3-11-23-15-5-1-2-10-22-15/h1-2,5-10H,3-4,11-12H2,(H,22,23)(H3,21,24,25). The average Bonchev–Trinajstić information content (AvgIpc) is 2.59. The molecule has 4 N–H and O–H groups in total. The molecule has 1 aromatic heterocycles. The summed E-state index contributed by atoms with van der Waals surface area (Å²) in [6.45, 7) is 1.32. The molecule has 0 spiro atoms. The third-order valence-corrected chi connectivity index (χ3v) is 3.20. The first-order valence-electron chi connectivity index (χ1n) is 8.00. The van der Waals surface area contributed by atoms with Crippen LogP contribution in [-0.4, -0.2) is 30.4 Å². The van der Waals surface area contributed by atoms with E-state index in [1.807, 2.05) is 18.2 Å². The second-order valence-electron chi connectivity index (χ2n) is 5.31. The zero-order chi connectivity index (χ0) is 18.8. The molecule has 1 aromatic carbocycles. The Morgan fingerprint density at radius 2 is 1.88 bits per heavy atom. The van der Waals surface area contributed by atoms with E-state index in [-0.39, 0.29) is 11.7 Å². The fourth-order valence-corrected chi connectivity index (χ4v) is 2.05. The number of rotatable bonds is 8. The van der Waals surface area contributed by atoms with E-state index in [0.717, 1.165) is 25.2 Å².